The Labute approximate surface area is 114 Å². The standard InChI is InChI=1S/C13H20N2O3S/c1-4-9-6-11(9)15-19(16,17)13-7-10(14)8(2)5-12(13)18-3/h5,7,9,11,15H,4,6,14H2,1-3H3. The second kappa shape index (κ2) is 5.02. The summed E-state index contributed by atoms with van der Waals surface area (Å²) >= 11 is 0. The number of aryl methyl sites for hydroxylation is 1. The van der Waals surface area contributed by atoms with Crippen molar-refractivity contribution in [3.8, 4) is 5.75 Å². The SMILES string of the molecule is CCC1CC1NS(=O)(=O)c1cc(N)c(C)cc1OC. The molecule has 6 heteroatoms. The zero-order valence-corrected chi connectivity index (χ0v) is 12.3. The van der Waals surface area contributed by atoms with Gasteiger partial charge in [-0.15, -0.1) is 0 Å². The Kier molecular flexibility index (Phi) is 3.73. The van der Waals surface area contributed by atoms with E-state index < -0.39 is 10.0 Å². The van der Waals surface area contributed by atoms with E-state index in [9.17, 15) is 8.42 Å². The molecule has 3 N–H and O–H groups in total. The Bertz CT molecular complexity index is 584. The van der Waals surface area contributed by atoms with E-state index in [2.05, 4.69) is 11.6 Å². The molecular formula is C13H20N2O3S. The molecule has 2 atom stereocenters. The van der Waals surface area contributed by atoms with Gasteiger partial charge in [-0.25, -0.2) is 13.1 Å². The predicted molar refractivity (Wildman–Crippen MR) is 74.7 cm³/mol. The first-order valence-corrected chi connectivity index (χ1v) is 7.83. The molecule has 1 saturated carbocycles. The maximum atomic E-state index is 12.3. The summed E-state index contributed by atoms with van der Waals surface area (Å²) in [5, 5.41) is 0. The molecule has 2 unspecified atom stereocenters. The van der Waals surface area contributed by atoms with Crippen molar-refractivity contribution in [1.82, 2.24) is 4.72 Å². The van der Waals surface area contributed by atoms with E-state index in [0.29, 0.717) is 17.4 Å². The topological polar surface area (TPSA) is 81.4 Å². The normalized spacial score (nSPS) is 22.3. The molecule has 0 saturated heterocycles. The van der Waals surface area contributed by atoms with Crippen LogP contribution in [0.4, 0.5) is 5.69 Å². The fourth-order valence-electron chi connectivity index (χ4n) is 2.15. The lowest BCUT2D eigenvalue weighted by molar-refractivity contribution is 0.402. The lowest BCUT2D eigenvalue weighted by Gasteiger charge is -2.13. The van der Waals surface area contributed by atoms with E-state index in [0.717, 1.165) is 18.4 Å². The lowest BCUT2D eigenvalue weighted by atomic mass is 10.2. The van der Waals surface area contributed by atoms with E-state index >= 15 is 0 Å². The molecule has 0 bridgehead atoms. The molecular weight excluding hydrogens is 264 g/mol. The minimum absolute atomic E-state index is 0.0437. The summed E-state index contributed by atoms with van der Waals surface area (Å²) in [4.78, 5) is 0.111. The molecule has 106 valence electrons. The molecule has 1 aromatic carbocycles. The number of nitrogens with two attached hydrogens (primary N) is 1. The molecule has 0 amide bonds. The van der Waals surface area contributed by atoms with Crippen LogP contribution in [-0.2, 0) is 10.0 Å². The number of ether oxygens (including phenoxy) is 1. The van der Waals surface area contributed by atoms with Gasteiger partial charge in [0.15, 0.2) is 0 Å². The summed E-state index contributed by atoms with van der Waals surface area (Å²) in [5.41, 5.74) is 7.04. The van der Waals surface area contributed by atoms with Crippen molar-refractivity contribution in [3.05, 3.63) is 17.7 Å². The summed E-state index contributed by atoms with van der Waals surface area (Å²) in [6.45, 7) is 3.87. The van der Waals surface area contributed by atoms with Gasteiger partial charge < -0.3 is 10.5 Å². The van der Waals surface area contributed by atoms with Crippen LogP contribution in [0.3, 0.4) is 0 Å². The summed E-state index contributed by atoms with van der Waals surface area (Å²) < 4.78 is 32.5. The summed E-state index contributed by atoms with van der Waals surface area (Å²) in [6, 6.07) is 3.15. The van der Waals surface area contributed by atoms with Crippen molar-refractivity contribution in [2.45, 2.75) is 37.6 Å². The molecule has 1 aromatic rings. The van der Waals surface area contributed by atoms with Crippen LogP contribution in [0, 0.1) is 12.8 Å². The quantitative estimate of drug-likeness (QED) is 0.806. The van der Waals surface area contributed by atoms with Crippen molar-refractivity contribution in [1.29, 1.82) is 0 Å². The molecule has 0 heterocycles. The number of hydrogen-bond donors (Lipinski definition) is 2. The highest BCUT2D eigenvalue weighted by Crippen LogP contribution is 2.36. The fourth-order valence-corrected chi connectivity index (χ4v) is 3.66. The average molecular weight is 284 g/mol. The molecule has 1 fully saturated rings. The molecule has 2 rings (SSSR count). The minimum Gasteiger partial charge on any atom is -0.495 e. The molecule has 0 aromatic heterocycles. The number of sulfonamides is 1. The maximum absolute atomic E-state index is 12.3. The van der Waals surface area contributed by atoms with Crippen LogP contribution in [-0.4, -0.2) is 21.6 Å². The van der Waals surface area contributed by atoms with Gasteiger partial charge in [-0.2, -0.15) is 0 Å². The van der Waals surface area contributed by atoms with E-state index in [1.807, 2.05) is 6.92 Å². The van der Waals surface area contributed by atoms with Crippen LogP contribution in [0.25, 0.3) is 0 Å². The minimum atomic E-state index is -3.58. The van der Waals surface area contributed by atoms with Gasteiger partial charge in [0.2, 0.25) is 10.0 Å². The molecule has 5 nitrogen and oxygen atoms in total. The van der Waals surface area contributed by atoms with Gasteiger partial charge in [-0.05, 0) is 37.0 Å². The zero-order valence-electron chi connectivity index (χ0n) is 11.4. The first kappa shape index (κ1) is 14.1. The van der Waals surface area contributed by atoms with Crippen molar-refractivity contribution in [2.75, 3.05) is 12.8 Å². The Morgan fingerprint density at radius 3 is 2.68 bits per heavy atom. The number of nitrogen functional groups attached to an aromatic ring is 1. The molecule has 0 aliphatic heterocycles. The predicted octanol–water partition coefficient (Wildman–Crippen LogP) is 1.66. The Balaban J connectivity index is 2.32. The van der Waals surface area contributed by atoms with E-state index in [4.69, 9.17) is 10.5 Å². The van der Waals surface area contributed by atoms with Gasteiger partial charge in [0, 0.05) is 11.7 Å². The first-order valence-electron chi connectivity index (χ1n) is 6.35. The highest BCUT2D eigenvalue weighted by atomic mass is 32.2. The second-order valence-electron chi connectivity index (χ2n) is 4.99. The van der Waals surface area contributed by atoms with Crippen LogP contribution in [0.5, 0.6) is 5.75 Å². The number of anilines is 1. The van der Waals surface area contributed by atoms with Gasteiger partial charge >= 0.3 is 0 Å². The zero-order chi connectivity index (χ0) is 14.2. The summed E-state index contributed by atoms with van der Waals surface area (Å²) in [6.07, 6.45) is 1.89. The molecule has 19 heavy (non-hydrogen) atoms. The summed E-state index contributed by atoms with van der Waals surface area (Å²) in [7, 11) is -2.12. The third-order valence-corrected chi connectivity index (χ3v) is 5.11. The Morgan fingerprint density at radius 2 is 2.16 bits per heavy atom. The Hall–Kier alpha value is -1.27. The van der Waals surface area contributed by atoms with Gasteiger partial charge in [-0.3, -0.25) is 0 Å². The number of nitrogens with one attached hydrogen (secondary N) is 1. The summed E-state index contributed by atoms with van der Waals surface area (Å²) in [5.74, 6) is 0.775. The van der Waals surface area contributed by atoms with Gasteiger partial charge in [0.25, 0.3) is 0 Å². The number of benzene rings is 1. The Morgan fingerprint density at radius 1 is 1.47 bits per heavy atom. The van der Waals surface area contributed by atoms with Crippen molar-refractivity contribution < 1.29 is 13.2 Å². The first-order chi connectivity index (χ1) is 8.89. The van der Waals surface area contributed by atoms with Crippen molar-refractivity contribution in [2.24, 2.45) is 5.92 Å². The van der Waals surface area contributed by atoms with Crippen LogP contribution in [0.15, 0.2) is 17.0 Å². The monoisotopic (exact) mass is 284 g/mol. The highest BCUT2D eigenvalue weighted by Gasteiger charge is 2.39. The molecule has 0 spiro atoms. The van der Waals surface area contributed by atoms with Gasteiger partial charge in [-0.1, -0.05) is 13.3 Å². The number of rotatable bonds is 5. The lowest BCUT2D eigenvalue weighted by Crippen LogP contribution is -2.27. The van der Waals surface area contributed by atoms with E-state index in [1.165, 1.54) is 13.2 Å². The van der Waals surface area contributed by atoms with Crippen LogP contribution in [0.2, 0.25) is 0 Å². The molecule has 1 aliphatic rings. The van der Waals surface area contributed by atoms with Gasteiger partial charge in [0.1, 0.15) is 10.6 Å². The van der Waals surface area contributed by atoms with Crippen molar-refractivity contribution >= 4 is 15.7 Å². The third kappa shape index (κ3) is 2.84. The molecule has 1 aliphatic carbocycles. The van der Waals surface area contributed by atoms with Crippen molar-refractivity contribution in [3.63, 3.8) is 0 Å². The fraction of sp³-hybridized carbons (Fsp3) is 0.538. The molecule has 0 radical (unpaired) electrons. The number of methoxy groups -OCH3 is 1. The maximum Gasteiger partial charge on any atom is 0.244 e. The van der Waals surface area contributed by atoms with Crippen LogP contribution in [0.1, 0.15) is 25.3 Å². The highest BCUT2D eigenvalue weighted by molar-refractivity contribution is 7.89. The second-order valence-corrected chi connectivity index (χ2v) is 6.67. The largest absolute Gasteiger partial charge is 0.495 e. The smallest absolute Gasteiger partial charge is 0.244 e. The van der Waals surface area contributed by atoms with Crippen LogP contribution >= 0.6 is 0 Å². The average Bonchev–Trinajstić information content (AvgIpc) is 3.09. The number of hydrogen-bond acceptors (Lipinski definition) is 4. The van der Waals surface area contributed by atoms with Crippen LogP contribution < -0.4 is 15.2 Å². The third-order valence-electron chi connectivity index (χ3n) is 3.60. The van der Waals surface area contributed by atoms with E-state index in [-0.39, 0.29) is 10.9 Å². The van der Waals surface area contributed by atoms with Gasteiger partial charge in [0.05, 0.1) is 7.11 Å². The van der Waals surface area contributed by atoms with E-state index in [1.54, 1.807) is 6.07 Å².